The number of likely N-dealkylation sites (tertiary alicyclic amines) is 1. The fraction of sp³-hybridized carbons (Fsp3) is 0.435. The maximum absolute atomic E-state index is 12.8. The number of hydrogen-bond donors (Lipinski definition) is 1. The number of alkyl halides is 2. The standard InChI is InChI=1S/C23H25F2N5O2/c24-23(25)32-17-7-3-5-15(13-17)20-26-18-8-9-19(27-21(18)28-20)30-12-4-6-16(14-30)22(31)29-10-1-2-11-29/h3,5,7-9,13,16,23H,1-2,4,6,10-12,14H2,(H,26,27,28)/t16-/m1/s1. The summed E-state index contributed by atoms with van der Waals surface area (Å²) in [6.45, 7) is 0.397. The van der Waals surface area contributed by atoms with Crippen LogP contribution in [0, 0.1) is 5.92 Å². The Morgan fingerprint density at radius 3 is 2.75 bits per heavy atom. The molecule has 1 atom stereocenters. The second-order valence-corrected chi connectivity index (χ2v) is 8.35. The number of piperidine rings is 1. The Hall–Kier alpha value is -3.23. The summed E-state index contributed by atoms with van der Waals surface area (Å²) in [5, 5.41) is 0. The molecule has 2 aromatic heterocycles. The molecule has 0 aliphatic carbocycles. The van der Waals surface area contributed by atoms with Crippen LogP contribution in [0.1, 0.15) is 25.7 Å². The van der Waals surface area contributed by atoms with Gasteiger partial charge in [0.15, 0.2) is 5.65 Å². The van der Waals surface area contributed by atoms with Crippen molar-refractivity contribution < 1.29 is 18.3 Å². The van der Waals surface area contributed by atoms with Crippen molar-refractivity contribution in [3.8, 4) is 17.1 Å². The fourth-order valence-electron chi connectivity index (χ4n) is 4.60. The zero-order valence-corrected chi connectivity index (χ0v) is 17.6. The van der Waals surface area contributed by atoms with E-state index >= 15 is 0 Å². The maximum atomic E-state index is 12.8. The zero-order valence-electron chi connectivity index (χ0n) is 17.6. The van der Waals surface area contributed by atoms with Gasteiger partial charge in [0.05, 0.1) is 5.92 Å². The minimum absolute atomic E-state index is 0.00856. The molecule has 0 saturated carbocycles. The van der Waals surface area contributed by atoms with Crippen LogP contribution in [0.15, 0.2) is 36.4 Å². The summed E-state index contributed by atoms with van der Waals surface area (Å²) in [4.78, 5) is 29.5. The van der Waals surface area contributed by atoms with Gasteiger partial charge in [0.25, 0.3) is 0 Å². The molecule has 2 saturated heterocycles. The van der Waals surface area contributed by atoms with E-state index in [-0.39, 0.29) is 17.6 Å². The van der Waals surface area contributed by atoms with Crippen LogP contribution in [-0.4, -0.2) is 58.5 Å². The maximum Gasteiger partial charge on any atom is 0.387 e. The number of pyridine rings is 1. The number of ether oxygens (including phenoxy) is 1. The highest BCUT2D eigenvalue weighted by atomic mass is 19.3. The van der Waals surface area contributed by atoms with Gasteiger partial charge in [-0.25, -0.2) is 9.97 Å². The van der Waals surface area contributed by atoms with Crippen LogP contribution >= 0.6 is 0 Å². The van der Waals surface area contributed by atoms with E-state index in [0.717, 1.165) is 51.1 Å². The van der Waals surface area contributed by atoms with E-state index in [0.29, 0.717) is 29.1 Å². The lowest BCUT2D eigenvalue weighted by Crippen LogP contribution is -2.44. The summed E-state index contributed by atoms with van der Waals surface area (Å²) in [7, 11) is 0. The first-order valence-electron chi connectivity index (χ1n) is 11.0. The average Bonchev–Trinajstić information content (AvgIpc) is 3.48. The summed E-state index contributed by atoms with van der Waals surface area (Å²) in [6, 6.07) is 10.2. The van der Waals surface area contributed by atoms with Crippen LogP contribution in [-0.2, 0) is 4.79 Å². The first-order valence-corrected chi connectivity index (χ1v) is 11.0. The van der Waals surface area contributed by atoms with Crippen LogP contribution in [0.2, 0.25) is 0 Å². The number of nitrogens with zero attached hydrogens (tertiary/aromatic N) is 4. The normalized spacial score (nSPS) is 19.2. The van der Waals surface area contributed by atoms with Gasteiger partial charge in [0.1, 0.15) is 22.9 Å². The molecule has 32 heavy (non-hydrogen) atoms. The number of nitrogens with one attached hydrogen (secondary N) is 1. The smallest absolute Gasteiger partial charge is 0.387 e. The minimum Gasteiger partial charge on any atom is -0.435 e. The van der Waals surface area contributed by atoms with Gasteiger partial charge in [-0.1, -0.05) is 12.1 Å². The van der Waals surface area contributed by atoms with Crippen molar-refractivity contribution in [3.05, 3.63) is 36.4 Å². The first-order chi connectivity index (χ1) is 15.6. The monoisotopic (exact) mass is 441 g/mol. The van der Waals surface area contributed by atoms with Crippen LogP contribution in [0.4, 0.5) is 14.6 Å². The number of H-pyrrole nitrogens is 1. The van der Waals surface area contributed by atoms with Gasteiger partial charge in [-0.2, -0.15) is 8.78 Å². The average molecular weight is 441 g/mol. The summed E-state index contributed by atoms with van der Waals surface area (Å²) in [5.41, 5.74) is 1.94. The molecule has 2 aliphatic heterocycles. The molecular weight excluding hydrogens is 416 g/mol. The van der Waals surface area contributed by atoms with Gasteiger partial charge in [0.2, 0.25) is 5.91 Å². The fourth-order valence-corrected chi connectivity index (χ4v) is 4.60. The molecule has 2 aliphatic rings. The Bertz CT molecular complexity index is 1110. The third kappa shape index (κ3) is 4.24. The highest BCUT2D eigenvalue weighted by molar-refractivity contribution is 5.81. The molecule has 0 radical (unpaired) electrons. The van der Waals surface area contributed by atoms with Gasteiger partial charge in [-0.05, 0) is 49.9 Å². The molecule has 0 spiro atoms. The van der Waals surface area contributed by atoms with Crippen LogP contribution in [0.5, 0.6) is 5.75 Å². The summed E-state index contributed by atoms with van der Waals surface area (Å²) >= 11 is 0. The molecule has 168 valence electrons. The van der Waals surface area contributed by atoms with E-state index in [1.54, 1.807) is 12.1 Å². The molecule has 4 heterocycles. The van der Waals surface area contributed by atoms with Crippen molar-refractivity contribution in [1.29, 1.82) is 0 Å². The van der Waals surface area contributed by atoms with Crippen molar-refractivity contribution in [2.24, 2.45) is 5.92 Å². The van der Waals surface area contributed by atoms with Gasteiger partial charge in [0, 0.05) is 31.7 Å². The van der Waals surface area contributed by atoms with Gasteiger partial charge >= 0.3 is 6.61 Å². The minimum atomic E-state index is -2.88. The second-order valence-electron chi connectivity index (χ2n) is 8.35. The molecule has 2 fully saturated rings. The SMILES string of the molecule is O=C([C@@H]1CCCN(c2ccc3nc(-c4cccc(OC(F)F)c4)[nH]c3n2)C1)N1CCCC1. The number of carbonyl (C=O) groups excluding carboxylic acids is 1. The molecule has 5 rings (SSSR count). The second kappa shape index (κ2) is 8.72. The number of benzene rings is 1. The summed E-state index contributed by atoms with van der Waals surface area (Å²) in [6.07, 6.45) is 4.06. The number of anilines is 1. The van der Waals surface area contributed by atoms with Crippen molar-refractivity contribution in [2.45, 2.75) is 32.3 Å². The number of aromatic nitrogens is 3. The molecule has 1 aromatic carbocycles. The van der Waals surface area contributed by atoms with E-state index < -0.39 is 6.61 Å². The van der Waals surface area contributed by atoms with Gasteiger partial charge < -0.3 is 19.5 Å². The highest BCUT2D eigenvalue weighted by Gasteiger charge is 2.31. The van der Waals surface area contributed by atoms with E-state index in [2.05, 4.69) is 19.6 Å². The summed E-state index contributed by atoms with van der Waals surface area (Å²) < 4.78 is 29.5. The number of carbonyl (C=O) groups is 1. The van der Waals surface area contributed by atoms with E-state index in [1.807, 2.05) is 17.0 Å². The van der Waals surface area contributed by atoms with Crippen molar-refractivity contribution in [3.63, 3.8) is 0 Å². The predicted molar refractivity (Wildman–Crippen MR) is 117 cm³/mol. The molecule has 0 bridgehead atoms. The Balaban J connectivity index is 1.35. The lowest BCUT2D eigenvalue weighted by atomic mass is 9.96. The molecule has 7 nitrogen and oxygen atoms in total. The van der Waals surface area contributed by atoms with E-state index in [4.69, 9.17) is 4.98 Å². The van der Waals surface area contributed by atoms with Crippen molar-refractivity contribution in [1.82, 2.24) is 19.9 Å². The Morgan fingerprint density at radius 2 is 1.94 bits per heavy atom. The number of fused-ring (bicyclic) bond motifs is 1. The van der Waals surface area contributed by atoms with E-state index in [1.165, 1.54) is 12.1 Å². The highest BCUT2D eigenvalue weighted by Crippen LogP contribution is 2.28. The molecule has 1 N–H and O–H groups in total. The number of amides is 1. The molecular formula is C23H25F2N5O2. The van der Waals surface area contributed by atoms with Crippen LogP contribution in [0.25, 0.3) is 22.6 Å². The molecule has 0 unspecified atom stereocenters. The summed E-state index contributed by atoms with van der Waals surface area (Å²) in [5.74, 6) is 1.69. The molecule has 9 heteroatoms. The predicted octanol–water partition coefficient (Wildman–Crippen LogP) is 4.07. The number of rotatable bonds is 5. The lowest BCUT2D eigenvalue weighted by Gasteiger charge is -2.34. The molecule has 3 aromatic rings. The quantitative estimate of drug-likeness (QED) is 0.646. The van der Waals surface area contributed by atoms with Gasteiger partial charge in [-0.15, -0.1) is 0 Å². The number of hydrogen-bond acceptors (Lipinski definition) is 5. The number of aromatic amines is 1. The largest absolute Gasteiger partial charge is 0.435 e. The Labute approximate surface area is 184 Å². The van der Waals surface area contributed by atoms with Crippen LogP contribution < -0.4 is 9.64 Å². The number of imidazole rings is 1. The number of halogens is 2. The van der Waals surface area contributed by atoms with E-state index in [9.17, 15) is 13.6 Å². The van der Waals surface area contributed by atoms with Crippen LogP contribution in [0.3, 0.4) is 0 Å². The van der Waals surface area contributed by atoms with Gasteiger partial charge in [-0.3, -0.25) is 4.79 Å². The third-order valence-corrected chi connectivity index (χ3v) is 6.17. The lowest BCUT2D eigenvalue weighted by molar-refractivity contribution is -0.134. The topological polar surface area (TPSA) is 74.4 Å². The first kappa shape index (κ1) is 20.7. The van der Waals surface area contributed by atoms with Crippen molar-refractivity contribution >= 4 is 22.9 Å². The third-order valence-electron chi connectivity index (χ3n) is 6.17. The Kier molecular flexibility index (Phi) is 5.63. The van der Waals surface area contributed by atoms with Crippen molar-refractivity contribution in [2.75, 3.05) is 31.1 Å². The zero-order chi connectivity index (χ0) is 22.1. The molecule has 1 amide bonds. The Morgan fingerprint density at radius 1 is 1.09 bits per heavy atom.